The van der Waals surface area contributed by atoms with Crippen LogP contribution in [0.15, 0.2) is 17.1 Å². The average molecular weight is 271 g/mol. The summed E-state index contributed by atoms with van der Waals surface area (Å²) in [7, 11) is 1.54. The van der Waals surface area contributed by atoms with Gasteiger partial charge in [0.2, 0.25) is 0 Å². The summed E-state index contributed by atoms with van der Waals surface area (Å²) in [5.41, 5.74) is 4.93. The minimum Gasteiger partial charge on any atom is -0.394 e. The number of nitrogen functional groups attached to an aromatic ring is 1. The number of nitrogens with two attached hydrogens (primary N) is 1. The van der Waals surface area contributed by atoms with Gasteiger partial charge in [0.1, 0.15) is 18.1 Å². The third-order valence-electron chi connectivity index (χ3n) is 2.82. The molecular formula is C12H21N3O4. The monoisotopic (exact) mass is 271 g/mol. The van der Waals surface area contributed by atoms with Crippen molar-refractivity contribution in [3.63, 3.8) is 0 Å². The number of aliphatic hydroxyl groups is 1. The zero-order chi connectivity index (χ0) is 14.4. The minimum atomic E-state index is -0.474. The molecule has 1 fully saturated rings. The van der Waals surface area contributed by atoms with Gasteiger partial charge < -0.3 is 20.3 Å². The van der Waals surface area contributed by atoms with Crippen molar-refractivity contribution < 1.29 is 14.6 Å². The second-order valence-corrected chi connectivity index (χ2v) is 3.86. The van der Waals surface area contributed by atoms with E-state index in [0.717, 1.165) is 0 Å². The molecule has 2 rings (SSSR count). The van der Waals surface area contributed by atoms with Crippen LogP contribution in [-0.4, -0.2) is 40.6 Å². The molecule has 0 aromatic carbocycles. The van der Waals surface area contributed by atoms with E-state index in [4.69, 9.17) is 20.3 Å². The van der Waals surface area contributed by atoms with Crippen LogP contribution in [0, 0.1) is 0 Å². The van der Waals surface area contributed by atoms with Crippen LogP contribution in [0.2, 0.25) is 0 Å². The number of nitrogens with zero attached hydrogens (tertiary/aromatic N) is 2. The first kappa shape index (κ1) is 15.6. The molecule has 19 heavy (non-hydrogen) atoms. The SMILES string of the molecule is CC.COC1CC(n2ccc(N)nc2=O)OC1CO. The molecule has 1 aliphatic rings. The highest BCUT2D eigenvalue weighted by Gasteiger charge is 2.36. The summed E-state index contributed by atoms with van der Waals surface area (Å²) < 4.78 is 12.1. The number of aliphatic hydroxyl groups excluding tert-OH is 1. The molecule has 7 heteroatoms. The van der Waals surface area contributed by atoms with Gasteiger partial charge in [-0.05, 0) is 6.07 Å². The van der Waals surface area contributed by atoms with Crippen molar-refractivity contribution in [3.8, 4) is 0 Å². The Morgan fingerprint density at radius 1 is 1.63 bits per heavy atom. The van der Waals surface area contributed by atoms with Gasteiger partial charge in [-0.1, -0.05) is 13.8 Å². The fraction of sp³-hybridized carbons (Fsp3) is 0.667. The Morgan fingerprint density at radius 2 is 2.32 bits per heavy atom. The zero-order valence-electron chi connectivity index (χ0n) is 11.4. The second-order valence-electron chi connectivity index (χ2n) is 3.86. The van der Waals surface area contributed by atoms with E-state index in [1.54, 1.807) is 7.11 Å². The van der Waals surface area contributed by atoms with Gasteiger partial charge >= 0.3 is 5.69 Å². The fourth-order valence-electron chi connectivity index (χ4n) is 1.93. The van der Waals surface area contributed by atoms with Gasteiger partial charge in [-0.2, -0.15) is 4.98 Å². The molecule has 1 saturated heterocycles. The topological polar surface area (TPSA) is 99.6 Å². The molecule has 1 aromatic heterocycles. The summed E-state index contributed by atoms with van der Waals surface area (Å²) >= 11 is 0. The summed E-state index contributed by atoms with van der Waals surface area (Å²) in [6.45, 7) is 3.85. The summed E-state index contributed by atoms with van der Waals surface area (Å²) in [4.78, 5) is 15.2. The standard InChI is InChI=1S/C10H15N3O4.C2H6/c1-16-6-4-9(17-7(6)5-14)13-3-2-8(11)12-10(13)15;1-2/h2-3,6-7,9,14H,4-5H2,1H3,(H2,11,12,15);1-2H3. The number of anilines is 1. The summed E-state index contributed by atoms with van der Waals surface area (Å²) in [6, 6.07) is 1.53. The predicted molar refractivity (Wildman–Crippen MR) is 70.7 cm³/mol. The van der Waals surface area contributed by atoms with E-state index in [-0.39, 0.29) is 18.5 Å². The van der Waals surface area contributed by atoms with Crippen molar-refractivity contribution >= 4 is 5.82 Å². The lowest BCUT2D eigenvalue weighted by molar-refractivity contribution is -0.0534. The molecule has 0 bridgehead atoms. The third kappa shape index (κ3) is 3.52. The van der Waals surface area contributed by atoms with Crippen molar-refractivity contribution in [1.82, 2.24) is 9.55 Å². The Hall–Kier alpha value is -1.44. The van der Waals surface area contributed by atoms with Crippen LogP contribution in [0.1, 0.15) is 26.5 Å². The summed E-state index contributed by atoms with van der Waals surface area (Å²) in [6.07, 6.45) is 0.899. The van der Waals surface area contributed by atoms with Crippen LogP contribution in [-0.2, 0) is 9.47 Å². The Balaban J connectivity index is 0.000000861. The molecule has 0 amide bonds. The zero-order valence-corrected chi connectivity index (χ0v) is 11.4. The van der Waals surface area contributed by atoms with Crippen LogP contribution in [0.3, 0.4) is 0 Å². The van der Waals surface area contributed by atoms with Gasteiger partial charge in [0.25, 0.3) is 0 Å². The van der Waals surface area contributed by atoms with Crippen molar-refractivity contribution in [2.24, 2.45) is 0 Å². The van der Waals surface area contributed by atoms with Crippen LogP contribution < -0.4 is 11.4 Å². The molecule has 1 aliphatic heterocycles. The maximum Gasteiger partial charge on any atom is 0.351 e. The normalized spacial score (nSPS) is 25.8. The molecule has 1 aromatic rings. The number of aromatic nitrogens is 2. The van der Waals surface area contributed by atoms with Crippen LogP contribution >= 0.6 is 0 Å². The molecule has 0 aliphatic carbocycles. The Bertz CT molecular complexity index is 437. The minimum absolute atomic E-state index is 0.147. The van der Waals surface area contributed by atoms with E-state index in [1.807, 2.05) is 13.8 Å². The fourth-order valence-corrected chi connectivity index (χ4v) is 1.93. The second kappa shape index (κ2) is 7.22. The molecule has 7 nitrogen and oxygen atoms in total. The van der Waals surface area contributed by atoms with Crippen molar-refractivity contribution in [2.45, 2.75) is 38.7 Å². The van der Waals surface area contributed by atoms with Crippen LogP contribution in [0.5, 0.6) is 0 Å². The largest absolute Gasteiger partial charge is 0.394 e. The Labute approximate surface area is 112 Å². The predicted octanol–water partition coefficient (Wildman–Crippen LogP) is 0.147. The number of methoxy groups -OCH3 is 1. The summed E-state index contributed by atoms with van der Waals surface area (Å²) in [5.74, 6) is 0.172. The number of hydrogen-bond donors (Lipinski definition) is 2. The lowest BCUT2D eigenvalue weighted by Crippen LogP contribution is -2.28. The molecule has 0 radical (unpaired) electrons. The first-order valence-corrected chi connectivity index (χ1v) is 6.29. The van der Waals surface area contributed by atoms with E-state index >= 15 is 0 Å². The van der Waals surface area contributed by atoms with Crippen molar-refractivity contribution in [3.05, 3.63) is 22.7 Å². The molecular weight excluding hydrogens is 250 g/mol. The molecule has 2 heterocycles. The summed E-state index contributed by atoms with van der Waals surface area (Å²) in [5, 5.41) is 9.12. The van der Waals surface area contributed by atoms with Gasteiger partial charge in [-0.15, -0.1) is 0 Å². The molecule has 0 saturated carbocycles. The van der Waals surface area contributed by atoms with Gasteiger partial charge in [0.05, 0.1) is 12.7 Å². The molecule has 108 valence electrons. The van der Waals surface area contributed by atoms with Gasteiger partial charge in [0, 0.05) is 19.7 Å². The molecule has 3 atom stereocenters. The molecule has 3 unspecified atom stereocenters. The first-order valence-electron chi connectivity index (χ1n) is 6.29. The first-order chi connectivity index (χ1) is 9.15. The smallest absolute Gasteiger partial charge is 0.351 e. The highest BCUT2D eigenvalue weighted by Crippen LogP contribution is 2.29. The van der Waals surface area contributed by atoms with E-state index in [1.165, 1.54) is 16.8 Å². The van der Waals surface area contributed by atoms with E-state index < -0.39 is 18.0 Å². The third-order valence-corrected chi connectivity index (χ3v) is 2.82. The van der Waals surface area contributed by atoms with Gasteiger partial charge in [-0.3, -0.25) is 4.57 Å². The maximum atomic E-state index is 11.6. The highest BCUT2D eigenvalue weighted by molar-refractivity contribution is 5.23. The van der Waals surface area contributed by atoms with E-state index in [2.05, 4.69) is 4.98 Å². The van der Waals surface area contributed by atoms with E-state index in [0.29, 0.717) is 6.42 Å². The van der Waals surface area contributed by atoms with Gasteiger partial charge in [-0.25, -0.2) is 4.79 Å². The number of rotatable bonds is 3. The van der Waals surface area contributed by atoms with E-state index in [9.17, 15) is 4.79 Å². The highest BCUT2D eigenvalue weighted by atomic mass is 16.6. The number of hydrogen-bond acceptors (Lipinski definition) is 6. The quantitative estimate of drug-likeness (QED) is 0.811. The Morgan fingerprint density at radius 3 is 2.79 bits per heavy atom. The van der Waals surface area contributed by atoms with Crippen LogP contribution in [0.4, 0.5) is 5.82 Å². The maximum absolute atomic E-state index is 11.6. The lowest BCUT2D eigenvalue weighted by atomic mass is 10.2. The van der Waals surface area contributed by atoms with Gasteiger partial charge in [0.15, 0.2) is 0 Å². The lowest BCUT2D eigenvalue weighted by Gasteiger charge is -2.14. The van der Waals surface area contributed by atoms with Crippen LogP contribution in [0.25, 0.3) is 0 Å². The Kier molecular flexibility index (Phi) is 5.94. The molecule has 0 spiro atoms. The average Bonchev–Trinajstić information content (AvgIpc) is 2.84. The van der Waals surface area contributed by atoms with Crippen molar-refractivity contribution in [2.75, 3.05) is 19.5 Å². The molecule has 3 N–H and O–H groups in total. The number of ether oxygens (including phenoxy) is 2. The van der Waals surface area contributed by atoms with Crippen molar-refractivity contribution in [1.29, 1.82) is 0 Å².